The van der Waals surface area contributed by atoms with Crippen molar-refractivity contribution in [1.82, 2.24) is 10.2 Å². The number of hydrogen-bond donors (Lipinski definition) is 2. The van der Waals surface area contributed by atoms with Gasteiger partial charge in [0.15, 0.2) is 9.84 Å². The van der Waals surface area contributed by atoms with Crippen LogP contribution in [0.5, 0.6) is 0 Å². The molecule has 0 radical (unpaired) electrons. The second-order valence-electron chi connectivity index (χ2n) is 10.4. The highest BCUT2D eigenvalue weighted by Crippen LogP contribution is 2.34. The fourth-order valence-corrected chi connectivity index (χ4v) is 5.77. The number of carbonyl (C=O) groups excluding carboxylic acids is 1. The van der Waals surface area contributed by atoms with Crippen molar-refractivity contribution < 1.29 is 27.9 Å². The smallest absolute Gasteiger partial charge is 0.408 e. The van der Waals surface area contributed by atoms with Crippen molar-refractivity contribution in [3.63, 3.8) is 0 Å². The number of carbonyl (C=O) groups is 2. The van der Waals surface area contributed by atoms with E-state index >= 15 is 0 Å². The Hall–Kier alpha value is -3.42. The van der Waals surface area contributed by atoms with E-state index in [1.165, 1.54) is 4.90 Å². The minimum atomic E-state index is -3.27. The maximum absolute atomic E-state index is 13.6. The third kappa shape index (κ3) is 6.34. The Balaban J connectivity index is 1.76. The van der Waals surface area contributed by atoms with Gasteiger partial charge in [-0.3, -0.25) is 9.69 Å². The summed E-state index contributed by atoms with van der Waals surface area (Å²) in [5.41, 5.74) is 0.387. The summed E-state index contributed by atoms with van der Waals surface area (Å²) in [6, 6.07) is 15.4. The number of ether oxygens (including phenoxy) is 1. The zero-order valence-corrected chi connectivity index (χ0v) is 23.0. The fraction of sp³-hybridized carbons (Fsp3) is 0.464. The molecule has 0 aliphatic carbocycles. The predicted octanol–water partition coefficient (Wildman–Crippen LogP) is 4.03. The molecule has 1 saturated heterocycles. The lowest BCUT2D eigenvalue weighted by molar-refractivity contribution is -0.144. The second kappa shape index (κ2) is 11.5. The molecule has 204 valence electrons. The van der Waals surface area contributed by atoms with Gasteiger partial charge < -0.3 is 15.2 Å². The summed E-state index contributed by atoms with van der Waals surface area (Å²) in [5, 5.41) is 22.6. The Labute approximate surface area is 224 Å². The first-order chi connectivity index (χ1) is 17.8. The molecule has 10 heteroatoms. The van der Waals surface area contributed by atoms with Crippen LogP contribution < -0.4 is 5.32 Å². The van der Waals surface area contributed by atoms with E-state index in [0.29, 0.717) is 0 Å². The van der Waals surface area contributed by atoms with Crippen molar-refractivity contribution in [2.75, 3.05) is 19.0 Å². The van der Waals surface area contributed by atoms with Gasteiger partial charge in [0.2, 0.25) is 5.91 Å². The lowest BCUT2D eigenvalue weighted by Crippen LogP contribution is -2.68. The molecule has 0 bridgehead atoms. The van der Waals surface area contributed by atoms with Crippen LogP contribution in [0.1, 0.15) is 46.1 Å². The number of benzene rings is 2. The highest BCUT2D eigenvalue weighted by molar-refractivity contribution is 7.91. The lowest BCUT2D eigenvalue weighted by Gasteiger charge is -2.49. The number of nitrogens with zero attached hydrogens (tertiary/aromatic N) is 2. The summed E-state index contributed by atoms with van der Waals surface area (Å²) in [6.45, 7) is 7.32. The molecular weight excluding hydrogens is 506 g/mol. The van der Waals surface area contributed by atoms with Crippen LogP contribution in [-0.4, -0.2) is 66.5 Å². The number of nitriles is 1. The molecule has 38 heavy (non-hydrogen) atoms. The van der Waals surface area contributed by atoms with Crippen LogP contribution in [0.2, 0.25) is 0 Å². The lowest BCUT2D eigenvalue weighted by atomic mass is 9.83. The van der Waals surface area contributed by atoms with E-state index in [1.54, 1.807) is 52.0 Å². The van der Waals surface area contributed by atoms with E-state index in [2.05, 4.69) is 11.4 Å². The minimum Gasteiger partial charge on any atom is -0.465 e. The van der Waals surface area contributed by atoms with Gasteiger partial charge in [0.1, 0.15) is 11.6 Å². The molecule has 1 aliphatic heterocycles. The van der Waals surface area contributed by atoms with Crippen molar-refractivity contribution in [1.29, 1.82) is 5.26 Å². The molecule has 3 rings (SSSR count). The first-order valence-electron chi connectivity index (χ1n) is 12.6. The number of hydrogen-bond acceptors (Lipinski definition) is 6. The zero-order valence-electron chi connectivity index (χ0n) is 22.2. The first kappa shape index (κ1) is 29.1. The quantitative estimate of drug-likeness (QED) is 0.515. The molecule has 0 spiro atoms. The van der Waals surface area contributed by atoms with E-state index in [9.17, 15) is 28.4 Å². The van der Waals surface area contributed by atoms with Crippen LogP contribution in [0.4, 0.5) is 4.79 Å². The van der Waals surface area contributed by atoms with Crippen molar-refractivity contribution >= 4 is 21.8 Å². The molecule has 1 aliphatic rings. The topological polar surface area (TPSA) is 137 Å². The maximum Gasteiger partial charge on any atom is 0.408 e. The van der Waals surface area contributed by atoms with Crippen molar-refractivity contribution in [2.45, 2.75) is 69.0 Å². The van der Waals surface area contributed by atoms with Crippen molar-refractivity contribution in [3.05, 3.63) is 54.1 Å². The van der Waals surface area contributed by atoms with E-state index in [4.69, 9.17) is 4.74 Å². The Morgan fingerprint density at radius 1 is 1.08 bits per heavy atom. The number of sulfone groups is 1. The van der Waals surface area contributed by atoms with Gasteiger partial charge in [-0.25, -0.2) is 13.2 Å². The highest BCUT2D eigenvalue weighted by Gasteiger charge is 2.52. The van der Waals surface area contributed by atoms with Crippen LogP contribution in [0, 0.1) is 11.3 Å². The first-order valence-corrected chi connectivity index (χ1v) is 14.2. The number of nitrogens with one attached hydrogen (secondary N) is 1. The SMILES string of the molecule is CCS(=O)(=O)c1ccc(-c2ccc(C[C@@H](C#N)NC(=O)C3(N(C(=O)O)C(C)(C)C)CCOCC3)cc2)cc1. The predicted molar refractivity (Wildman–Crippen MR) is 143 cm³/mol. The van der Waals surface area contributed by atoms with Gasteiger partial charge >= 0.3 is 6.09 Å². The normalized spacial score (nSPS) is 16.2. The highest BCUT2D eigenvalue weighted by atomic mass is 32.2. The van der Waals surface area contributed by atoms with E-state index in [-0.39, 0.29) is 43.1 Å². The van der Waals surface area contributed by atoms with Gasteiger partial charge in [0, 0.05) is 38.0 Å². The van der Waals surface area contributed by atoms with Crippen LogP contribution >= 0.6 is 0 Å². The molecule has 0 saturated carbocycles. The molecule has 2 aromatic rings. The summed E-state index contributed by atoms with van der Waals surface area (Å²) in [5.74, 6) is -0.458. The van der Waals surface area contributed by atoms with Gasteiger partial charge in [0.05, 0.1) is 16.7 Å². The average molecular weight is 542 g/mol. The standard InChI is InChI=1S/C28H35N3O6S/c1-5-38(35,36)24-12-10-22(11-13-24)21-8-6-20(7-9-21)18-23(19-29)30-25(32)28(14-16-37-17-15-28)31(26(33)34)27(2,3)4/h6-13,23H,5,14-18H2,1-4H3,(H,30,32)(H,33,34)/t23-/m0/s1. The Kier molecular flexibility index (Phi) is 8.85. The van der Waals surface area contributed by atoms with Gasteiger partial charge in [-0.15, -0.1) is 0 Å². The molecule has 2 amide bonds. The van der Waals surface area contributed by atoms with Gasteiger partial charge in [0.25, 0.3) is 0 Å². The summed E-state index contributed by atoms with van der Waals surface area (Å²) in [6.07, 6.45) is -0.550. The molecule has 1 fully saturated rings. The Morgan fingerprint density at radius 3 is 2.05 bits per heavy atom. The number of carboxylic acid groups (broad SMARTS) is 1. The summed E-state index contributed by atoms with van der Waals surface area (Å²) < 4.78 is 29.5. The Bertz CT molecular complexity index is 1290. The third-order valence-corrected chi connectivity index (χ3v) is 8.56. The Morgan fingerprint density at radius 2 is 1.61 bits per heavy atom. The minimum absolute atomic E-state index is 0.0388. The summed E-state index contributed by atoms with van der Waals surface area (Å²) in [7, 11) is -3.27. The number of amides is 2. The molecule has 1 atom stereocenters. The fourth-order valence-electron chi connectivity index (χ4n) is 4.89. The largest absolute Gasteiger partial charge is 0.465 e. The van der Waals surface area contributed by atoms with Crippen molar-refractivity contribution in [2.24, 2.45) is 0 Å². The van der Waals surface area contributed by atoms with Crippen LogP contribution in [0.15, 0.2) is 53.4 Å². The summed E-state index contributed by atoms with van der Waals surface area (Å²) in [4.78, 5) is 27.3. The average Bonchev–Trinajstić information content (AvgIpc) is 2.88. The van der Waals surface area contributed by atoms with Crippen molar-refractivity contribution in [3.8, 4) is 17.2 Å². The maximum atomic E-state index is 13.6. The second-order valence-corrected chi connectivity index (χ2v) is 12.7. The molecule has 1 heterocycles. The van der Waals surface area contributed by atoms with Gasteiger partial charge in [-0.2, -0.15) is 5.26 Å². The van der Waals surface area contributed by atoms with Crippen LogP contribution in [0.3, 0.4) is 0 Å². The van der Waals surface area contributed by atoms with Crippen LogP contribution in [0.25, 0.3) is 11.1 Å². The third-order valence-electron chi connectivity index (χ3n) is 6.81. The molecule has 2 N–H and O–H groups in total. The molecular formula is C28H35N3O6S. The van der Waals surface area contributed by atoms with Crippen LogP contribution in [-0.2, 0) is 25.8 Å². The molecule has 0 unspecified atom stereocenters. The zero-order chi connectivity index (χ0) is 28.1. The molecule has 9 nitrogen and oxygen atoms in total. The summed E-state index contributed by atoms with van der Waals surface area (Å²) >= 11 is 0. The van der Waals surface area contributed by atoms with E-state index in [1.807, 2.05) is 24.3 Å². The number of rotatable bonds is 8. The monoisotopic (exact) mass is 541 g/mol. The van der Waals surface area contributed by atoms with Gasteiger partial charge in [-0.1, -0.05) is 43.3 Å². The van der Waals surface area contributed by atoms with Gasteiger partial charge in [-0.05, 0) is 49.6 Å². The van der Waals surface area contributed by atoms with E-state index < -0.39 is 39.0 Å². The molecule has 2 aromatic carbocycles. The molecule has 0 aromatic heterocycles. The van der Waals surface area contributed by atoms with E-state index in [0.717, 1.165) is 16.7 Å².